The van der Waals surface area contributed by atoms with Crippen LogP contribution in [0, 0.1) is 11.3 Å². The molecule has 98 valence electrons. The molecular formula is C15H22N2O. The minimum Gasteiger partial charge on any atom is -0.493 e. The lowest BCUT2D eigenvalue weighted by Gasteiger charge is -2.15. The van der Waals surface area contributed by atoms with Gasteiger partial charge in [-0.15, -0.1) is 0 Å². The van der Waals surface area contributed by atoms with Crippen LogP contribution < -0.4 is 10.1 Å². The third kappa shape index (κ3) is 4.38. The Bertz CT molecular complexity index is 396. The van der Waals surface area contributed by atoms with Gasteiger partial charge in [0.05, 0.1) is 18.7 Å². The lowest BCUT2D eigenvalue weighted by molar-refractivity contribution is 0.295. The first kappa shape index (κ1) is 14.5. The van der Waals surface area contributed by atoms with E-state index in [1.54, 1.807) is 0 Å². The number of para-hydroxylation sites is 1. The quantitative estimate of drug-likeness (QED) is 0.804. The summed E-state index contributed by atoms with van der Waals surface area (Å²) in [5, 5.41) is 12.0. The molecule has 0 aliphatic carbocycles. The Morgan fingerprint density at radius 2 is 2.06 bits per heavy atom. The molecule has 0 aliphatic rings. The fraction of sp³-hybridized carbons (Fsp3) is 0.533. The number of ether oxygens (including phenoxy) is 1. The van der Waals surface area contributed by atoms with Gasteiger partial charge in [-0.25, -0.2) is 0 Å². The number of nitrogens with one attached hydrogen (secondary N) is 1. The maximum Gasteiger partial charge on any atom is 0.122 e. The SMILES string of the molecule is CCNC(C#N)CCOc1ccccc1C(C)C. The van der Waals surface area contributed by atoms with E-state index < -0.39 is 0 Å². The molecule has 0 aliphatic heterocycles. The standard InChI is InChI=1S/C15H22N2O/c1-4-17-13(11-16)9-10-18-15-8-6-5-7-14(15)12(2)3/h5-8,12-13,17H,4,9-10H2,1-3H3. The minimum atomic E-state index is -0.124. The average Bonchev–Trinajstić information content (AvgIpc) is 2.38. The molecule has 3 nitrogen and oxygen atoms in total. The van der Waals surface area contributed by atoms with Gasteiger partial charge in [0.25, 0.3) is 0 Å². The summed E-state index contributed by atoms with van der Waals surface area (Å²) in [5.41, 5.74) is 1.22. The van der Waals surface area contributed by atoms with Crippen molar-refractivity contribution in [2.24, 2.45) is 0 Å². The van der Waals surface area contributed by atoms with Gasteiger partial charge in [0.2, 0.25) is 0 Å². The molecule has 0 saturated heterocycles. The third-order valence-electron chi connectivity index (χ3n) is 2.81. The van der Waals surface area contributed by atoms with Crippen LogP contribution in [0.4, 0.5) is 0 Å². The highest BCUT2D eigenvalue weighted by Crippen LogP contribution is 2.25. The molecule has 1 aromatic carbocycles. The second-order valence-electron chi connectivity index (χ2n) is 4.57. The minimum absolute atomic E-state index is 0.124. The van der Waals surface area contributed by atoms with E-state index in [0.29, 0.717) is 18.9 Å². The zero-order valence-electron chi connectivity index (χ0n) is 11.4. The van der Waals surface area contributed by atoms with Gasteiger partial charge in [0.15, 0.2) is 0 Å². The lowest BCUT2D eigenvalue weighted by atomic mass is 10.0. The molecule has 0 aromatic heterocycles. The molecule has 0 amide bonds. The third-order valence-corrected chi connectivity index (χ3v) is 2.81. The first-order valence-electron chi connectivity index (χ1n) is 6.53. The second kappa shape index (κ2) is 7.73. The van der Waals surface area contributed by atoms with Crippen molar-refractivity contribution in [3.63, 3.8) is 0 Å². The largest absolute Gasteiger partial charge is 0.493 e. The number of hydrogen-bond acceptors (Lipinski definition) is 3. The summed E-state index contributed by atoms with van der Waals surface area (Å²) in [6.45, 7) is 7.67. The van der Waals surface area contributed by atoms with Gasteiger partial charge in [-0.05, 0) is 24.1 Å². The molecule has 0 spiro atoms. The van der Waals surface area contributed by atoms with Gasteiger partial charge in [0.1, 0.15) is 5.75 Å². The van der Waals surface area contributed by atoms with Gasteiger partial charge in [-0.3, -0.25) is 0 Å². The van der Waals surface area contributed by atoms with E-state index >= 15 is 0 Å². The molecule has 0 bridgehead atoms. The lowest BCUT2D eigenvalue weighted by Crippen LogP contribution is -2.28. The summed E-state index contributed by atoms with van der Waals surface area (Å²) in [6, 6.07) is 10.2. The molecule has 1 rings (SSSR count). The van der Waals surface area contributed by atoms with E-state index in [9.17, 15) is 0 Å². The van der Waals surface area contributed by atoms with Crippen LogP contribution in [0.2, 0.25) is 0 Å². The van der Waals surface area contributed by atoms with Crippen molar-refractivity contribution in [2.45, 2.75) is 39.2 Å². The van der Waals surface area contributed by atoms with Crippen LogP contribution in [0.15, 0.2) is 24.3 Å². The smallest absolute Gasteiger partial charge is 0.122 e. The number of nitrogens with zero attached hydrogens (tertiary/aromatic N) is 1. The van der Waals surface area contributed by atoms with E-state index in [0.717, 1.165) is 12.3 Å². The Balaban J connectivity index is 2.51. The first-order chi connectivity index (χ1) is 8.69. The summed E-state index contributed by atoms with van der Waals surface area (Å²) >= 11 is 0. The summed E-state index contributed by atoms with van der Waals surface area (Å²) in [7, 11) is 0. The highest BCUT2D eigenvalue weighted by molar-refractivity contribution is 5.35. The normalized spacial score (nSPS) is 12.2. The molecule has 0 radical (unpaired) electrons. The topological polar surface area (TPSA) is 45.0 Å². The van der Waals surface area contributed by atoms with Crippen LogP contribution in [0.3, 0.4) is 0 Å². The predicted octanol–water partition coefficient (Wildman–Crippen LogP) is 3.08. The van der Waals surface area contributed by atoms with Gasteiger partial charge in [0, 0.05) is 6.42 Å². The molecular weight excluding hydrogens is 224 g/mol. The molecule has 0 fully saturated rings. The maximum absolute atomic E-state index is 8.93. The van der Waals surface area contributed by atoms with Gasteiger partial charge >= 0.3 is 0 Å². The van der Waals surface area contributed by atoms with Crippen molar-refractivity contribution in [1.82, 2.24) is 5.32 Å². The van der Waals surface area contributed by atoms with Gasteiger partial charge < -0.3 is 10.1 Å². The van der Waals surface area contributed by atoms with Gasteiger partial charge in [-0.1, -0.05) is 39.0 Å². The average molecular weight is 246 g/mol. The number of rotatable bonds is 7. The van der Waals surface area contributed by atoms with Crippen LogP contribution >= 0.6 is 0 Å². The van der Waals surface area contributed by atoms with E-state index in [4.69, 9.17) is 10.00 Å². The van der Waals surface area contributed by atoms with E-state index in [1.165, 1.54) is 5.56 Å². The van der Waals surface area contributed by atoms with Crippen LogP contribution in [0.1, 0.15) is 38.7 Å². The fourth-order valence-electron chi connectivity index (χ4n) is 1.83. The summed E-state index contributed by atoms with van der Waals surface area (Å²) in [5.74, 6) is 1.38. The van der Waals surface area contributed by atoms with Crippen LogP contribution in [0.25, 0.3) is 0 Å². The number of hydrogen-bond donors (Lipinski definition) is 1. The monoisotopic (exact) mass is 246 g/mol. The van der Waals surface area contributed by atoms with E-state index in [1.807, 2.05) is 25.1 Å². The highest BCUT2D eigenvalue weighted by atomic mass is 16.5. The molecule has 0 saturated carbocycles. The molecule has 18 heavy (non-hydrogen) atoms. The zero-order valence-corrected chi connectivity index (χ0v) is 11.4. The Morgan fingerprint density at radius 1 is 1.33 bits per heavy atom. The summed E-state index contributed by atoms with van der Waals surface area (Å²) in [4.78, 5) is 0. The van der Waals surface area contributed by atoms with Crippen molar-refractivity contribution in [3.05, 3.63) is 29.8 Å². The van der Waals surface area contributed by atoms with Gasteiger partial charge in [-0.2, -0.15) is 5.26 Å². The van der Waals surface area contributed by atoms with Crippen molar-refractivity contribution < 1.29 is 4.74 Å². The maximum atomic E-state index is 8.93. The Kier molecular flexibility index (Phi) is 6.24. The number of nitriles is 1. The van der Waals surface area contributed by atoms with Crippen molar-refractivity contribution >= 4 is 0 Å². The van der Waals surface area contributed by atoms with E-state index in [-0.39, 0.29) is 6.04 Å². The van der Waals surface area contributed by atoms with Crippen molar-refractivity contribution in [3.8, 4) is 11.8 Å². The zero-order chi connectivity index (χ0) is 13.4. The Morgan fingerprint density at radius 3 is 2.67 bits per heavy atom. The summed E-state index contributed by atoms with van der Waals surface area (Å²) < 4.78 is 5.79. The predicted molar refractivity (Wildman–Crippen MR) is 73.7 cm³/mol. The Labute approximate surface area is 110 Å². The fourth-order valence-corrected chi connectivity index (χ4v) is 1.83. The van der Waals surface area contributed by atoms with Crippen molar-refractivity contribution in [2.75, 3.05) is 13.2 Å². The highest BCUT2D eigenvalue weighted by Gasteiger charge is 2.09. The molecule has 1 aromatic rings. The van der Waals surface area contributed by atoms with Crippen LogP contribution in [-0.4, -0.2) is 19.2 Å². The molecule has 1 N–H and O–H groups in total. The molecule has 0 heterocycles. The summed E-state index contributed by atoms with van der Waals surface area (Å²) in [6.07, 6.45) is 0.705. The molecule has 1 atom stereocenters. The first-order valence-corrected chi connectivity index (χ1v) is 6.53. The van der Waals surface area contributed by atoms with Crippen LogP contribution in [-0.2, 0) is 0 Å². The second-order valence-corrected chi connectivity index (χ2v) is 4.57. The van der Waals surface area contributed by atoms with Crippen molar-refractivity contribution in [1.29, 1.82) is 5.26 Å². The molecule has 3 heteroatoms. The van der Waals surface area contributed by atoms with Crippen LogP contribution in [0.5, 0.6) is 5.75 Å². The molecule has 1 unspecified atom stereocenters. The van der Waals surface area contributed by atoms with E-state index in [2.05, 4.69) is 31.3 Å². The Hall–Kier alpha value is -1.53. The number of benzene rings is 1.